The van der Waals surface area contributed by atoms with Crippen LogP contribution in [0.3, 0.4) is 0 Å². The molecule has 1 saturated heterocycles. The van der Waals surface area contributed by atoms with E-state index >= 15 is 0 Å². The van der Waals surface area contributed by atoms with E-state index in [2.05, 4.69) is 0 Å². The molecular formula is C10H14O3. The first-order chi connectivity index (χ1) is 5.87. The number of ketones is 1. The molecule has 2 bridgehead atoms. The predicted molar refractivity (Wildman–Crippen MR) is 46.0 cm³/mol. The van der Waals surface area contributed by atoms with Crippen LogP contribution in [-0.2, 0) is 14.3 Å². The minimum absolute atomic E-state index is 0.126. The third-order valence-electron chi connectivity index (χ3n) is 3.84. The summed E-state index contributed by atoms with van der Waals surface area (Å²) in [5.74, 6) is -0.172. The maximum absolute atomic E-state index is 11.6. The van der Waals surface area contributed by atoms with Crippen molar-refractivity contribution in [2.24, 2.45) is 11.3 Å². The second-order valence-electron chi connectivity index (χ2n) is 4.83. The van der Waals surface area contributed by atoms with Crippen LogP contribution < -0.4 is 0 Å². The summed E-state index contributed by atoms with van der Waals surface area (Å²) >= 11 is 0. The first kappa shape index (κ1) is 8.73. The molecule has 0 N–H and O–H groups in total. The van der Waals surface area contributed by atoms with Gasteiger partial charge in [0, 0.05) is 17.8 Å². The van der Waals surface area contributed by atoms with E-state index in [1.807, 2.05) is 20.8 Å². The van der Waals surface area contributed by atoms with E-state index in [0.29, 0.717) is 6.42 Å². The number of carbonyl (C=O) groups excluding carboxylic acids is 2. The number of hydrogen-bond donors (Lipinski definition) is 0. The lowest BCUT2D eigenvalue weighted by Crippen LogP contribution is -2.48. The zero-order chi connectivity index (χ0) is 9.85. The Balaban J connectivity index is 2.47. The van der Waals surface area contributed by atoms with Gasteiger partial charge < -0.3 is 4.74 Å². The molecule has 2 atom stereocenters. The number of Topliss-reactive ketones (excluding diaryl/α,β-unsaturated/α-hetero) is 1. The summed E-state index contributed by atoms with van der Waals surface area (Å²) in [6.07, 6.45) is 0.651. The van der Waals surface area contributed by atoms with Crippen molar-refractivity contribution in [3.63, 3.8) is 0 Å². The molecule has 0 aromatic rings. The highest BCUT2D eigenvalue weighted by atomic mass is 16.6. The summed E-state index contributed by atoms with van der Waals surface area (Å²) in [6.45, 7) is 5.88. The van der Waals surface area contributed by atoms with E-state index in [1.54, 1.807) is 0 Å². The summed E-state index contributed by atoms with van der Waals surface area (Å²) in [5, 5.41) is 0. The Morgan fingerprint density at radius 1 is 1.31 bits per heavy atom. The molecule has 0 amide bonds. The van der Waals surface area contributed by atoms with Gasteiger partial charge in [-0.2, -0.15) is 0 Å². The van der Waals surface area contributed by atoms with Crippen LogP contribution in [0.4, 0.5) is 0 Å². The molecule has 1 heterocycles. The first-order valence-corrected chi connectivity index (χ1v) is 4.61. The average Bonchev–Trinajstić information content (AvgIpc) is 2.13. The quantitative estimate of drug-likeness (QED) is 0.530. The zero-order valence-electron chi connectivity index (χ0n) is 8.22. The van der Waals surface area contributed by atoms with Gasteiger partial charge in [0.1, 0.15) is 11.4 Å². The van der Waals surface area contributed by atoms with E-state index in [-0.39, 0.29) is 29.5 Å². The molecule has 3 heteroatoms. The van der Waals surface area contributed by atoms with Crippen LogP contribution in [0.1, 0.15) is 33.6 Å². The highest BCUT2D eigenvalue weighted by Crippen LogP contribution is 2.54. The van der Waals surface area contributed by atoms with Gasteiger partial charge in [0.05, 0.1) is 6.42 Å². The molecule has 72 valence electrons. The molecule has 1 aliphatic carbocycles. The van der Waals surface area contributed by atoms with Gasteiger partial charge in [0.2, 0.25) is 0 Å². The second kappa shape index (κ2) is 2.14. The van der Waals surface area contributed by atoms with E-state index in [4.69, 9.17) is 4.74 Å². The Morgan fingerprint density at radius 3 is 2.46 bits per heavy atom. The molecule has 1 saturated carbocycles. The summed E-state index contributed by atoms with van der Waals surface area (Å²) < 4.78 is 5.29. The maximum atomic E-state index is 11.6. The smallest absolute Gasteiger partial charge is 0.307 e. The van der Waals surface area contributed by atoms with Gasteiger partial charge in [-0.1, -0.05) is 13.8 Å². The SMILES string of the molecule is CC12CC(=O)C(CC(=O)O1)C2(C)C. The molecule has 0 radical (unpaired) electrons. The number of esters is 1. The Labute approximate surface area is 77.4 Å². The van der Waals surface area contributed by atoms with Crippen LogP contribution in [0, 0.1) is 11.3 Å². The van der Waals surface area contributed by atoms with Gasteiger partial charge in [-0.25, -0.2) is 0 Å². The number of fused-ring (bicyclic) bond motifs is 2. The van der Waals surface area contributed by atoms with Crippen molar-refractivity contribution < 1.29 is 14.3 Å². The third-order valence-corrected chi connectivity index (χ3v) is 3.84. The number of ether oxygens (including phenoxy) is 1. The molecule has 3 nitrogen and oxygen atoms in total. The molecule has 13 heavy (non-hydrogen) atoms. The van der Waals surface area contributed by atoms with Gasteiger partial charge >= 0.3 is 5.97 Å². The zero-order valence-corrected chi connectivity index (χ0v) is 8.22. The topological polar surface area (TPSA) is 43.4 Å². The lowest BCUT2D eigenvalue weighted by molar-refractivity contribution is -0.182. The molecule has 2 fully saturated rings. The summed E-state index contributed by atoms with van der Waals surface area (Å²) in [4.78, 5) is 22.8. The van der Waals surface area contributed by atoms with Crippen molar-refractivity contribution in [1.29, 1.82) is 0 Å². The highest BCUT2D eigenvalue weighted by Gasteiger charge is 2.62. The monoisotopic (exact) mass is 182 g/mol. The predicted octanol–water partition coefficient (Wildman–Crippen LogP) is 1.31. The van der Waals surface area contributed by atoms with E-state index in [9.17, 15) is 9.59 Å². The third kappa shape index (κ3) is 0.901. The lowest BCUT2D eigenvalue weighted by Gasteiger charge is -2.43. The lowest BCUT2D eigenvalue weighted by atomic mass is 9.70. The van der Waals surface area contributed by atoms with Gasteiger partial charge in [0.25, 0.3) is 0 Å². The Morgan fingerprint density at radius 2 is 1.92 bits per heavy atom. The van der Waals surface area contributed by atoms with E-state index < -0.39 is 5.60 Å². The van der Waals surface area contributed by atoms with Crippen molar-refractivity contribution in [1.82, 2.24) is 0 Å². The number of hydrogen-bond acceptors (Lipinski definition) is 3. The van der Waals surface area contributed by atoms with Crippen LogP contribution in [0.15, 0.2) is 0 Å². The van der Waals surface area contributed by atoms with Gasteiger partial charge in [0.15, 0.2) is 0 Å². The van der Waals surface area contributed by atoms with Crippen LogP contribution >= 0.6 is 0 Å². The van der Waals surface area contributed by atoms with Crippen LogP contribution in [-0.4, -0.2) is 17.4 Å². The molecule has 2 rings (SSSR count). The van der Waals surface area contributed by atoms with E-state index in [1.165, 1.54) is 0 Å². The standard InChI is InChI=1S/C10H14O3/c1-9(2)6-4-8(12)13-10(9,3)5-7(6)11/h6H,4-5H2,1-3H3. The molecule has 0 aromatic carbocycles. The summed E-state index contributed by atoms with van der Waals surface area (Å²) in [7, 11) is 0. The van der Waals surface area contributed by atoms with Crippen molar-refractivity contribution in [3.8, 4) is 0 Å². The normalized spacial score (nSPS) is 41.9. The summed E-state index contributed by atoms with van der Waals surface area (Å²) in [6, 6.07) is 0. The second-order valence-corrected chi connectivity index (χ2v) is 4.83. The molecule has 2 aliphatic rings. The first-order valence-electron chi connectivity index (χ1n) is 4.61. The van der Waals surface area contributed by atoms with Crippen molar-refractivity contribution in [3.05, 3.63) is 0 Å². The number of rotatable bonds is 0. The summed E-state index contributed by atoms with van der Waals surface area (Å²) in [5.41, 5.74) is -0.762. The van der Waals surface area contributed by atoms with Crippen molar-refractivity contribution >= 4 is 11.8 Å². The fraction of sp³-hybridized carbons (Fsp3) is 0.800. The fourth-order valence-electron chi connectivity index (χ4n) is 2.45. The Hall–Kier alpha value is -0.860. The largest absolute Gasteiger partial charge is 0.458 e. The molecule has 1 aliphatic heterocycles. The van der Waals surface area contributed by atoms with Gasteiger partial charge in [-0.15, -0.1) is 0 Å². The molecular weight excluding hydrogens is 168 g/mol. The number of carbonyl (C=O) groups is 2. The Kier molecular flexibility index (Phi) is 1.44. The van der Waals surface area contributed by atoms with E-state index in [0.717, 1.165) is 0 Å². The van der Waals surface area contributed by atoms with Crippen LogP contribution in [0.2, 0.25) is 0 Å². The maximum Gasteiger partial charge on any atom is 0.307 e. The van der Waals surface area contributed by atoms with Crippen LogP contribution in [0.5, 0.6) is 0 Å². The van der Waals surface area contributed by atoms with Crippen LogP contribution in [0.25, 0.3) is 0 Å². The molecule has 2 unspecified atom stereocenters. The van der Waals surface area contributed by atoms with Gasteiger partial charge in [-0.05, 0) is 6.92 Å². The van der Waals surface area contributed by atoms with Gasteiger partial charge in [-0.3, -0.25) is 9.59 Å². The molecule has 0 spiro atoms. The van der Waals surface area contributed by atoms with Crippen molar-refractivity contribution in [2.45, 2.75) is 39.2 Å². The minimum Gasteiger partial charge on any atom is -0.458 e. The fourth-order valence-corrected chi connectivity index (χ4v) is 2.45. The molecule has 0 aromatic heterocycles. The minimum atomic E-state index is -0.565. The highest BCUT2D eigenvalue weighted by molar-refractivity contribution is 5.92. The van der Waals surface area contributed by atoms with Crippen molar-refractivity contribution in [2.75, 3.05) is 0 Å². The Bertz CT molecular complexity index is 289. The average molecular weight is 182 g/mol.